The van der Waals surface area contributed by atoms with Gasteiger partial charge in [-0.15, -0.1) is 12.4 Å². The Labute approximate surface area is 165 Å². The van der Waals surface area contributed by atoms with Gasteiger partial charge in [0.25, 0.3) is 0 Å². The predicted molar refractivity (Wildman–Crippen MR) is 107 cm³/mol. The summed E-state index contributed by atoms with van der Waals surface area (Å²) in [5.41, 5.74) is 1.92. The van der Waals surface area contributed by atoms with Crippen molar-refractivity contribution >= 4 is 29.9 Å². The highest BCUT2D eigenvalue weighted by atomic mass is 35.5. The third-order valence-corrected chi connectivity index (χ3v) is 5.34. The molecule has 2 heterocycles. The molecule has 2 atom stereocenters. The lowest BCUT2D eigenvalue weighted by molar-refractivity contribution is -0.125. The van der Waals surface area contributed by atoms with Crippen LogP contribution in [0.25, 0.3) is 0 Å². The van der Waals surface area contributed by atoms with Crippen LogP contribution in [-0.2, 0) is 17.3 Å². The second-order valence-corrected chi connectivity index (χ2v) is 7.81. The van der Waals surface area contributed by atoms with E-state index in [4.69, 9.17) is 11.6 Å². The van der Waals surface area contributed by atoms with Crippen LogP contribution in [0, 0.1) is 5.92 Å². The van der Waals surface area contributed by atoms with E-state index >= 15 is 0 Å². The first-order valence-electron chi connectivity index (χ1n) is 8.60. The van der Waals surface area contributed by atoms with Gasteiger partial charge in [-0.25, -0.2) is 0 Å². The maximum Gasteiger partial charge on any atom is 0.225 e. The molecule has 1 saturated heterocycles. The molecule has 2 aromatic rings. The van der Waals surface area contributed by atoms with E-state index < -0.39 is 0 Å². The van der Waals surface area contributed by atoms with E-state index in [0.29, 0.717) is 13.1 Å². The molecule has 1 fully saturated rings. The fourth-order valence-corrected chi connectivity index (χ4v) is 3.87. The molecule has 1 amide bonds. The summed E-state index contributed by atoms with van der Waals surface area (Å²) < 4.78 is 1.78. The molecule has 0 spiro atoms. The Balaban J connectivity index is 0.00000243. The largest absolute Gasteiger partial charge is 0.355 e. The second kappa shape index (κ2) is 8.42. The SMILES string of the molecule is Cl.Cn1cc([C@H]2CNC[C@@H]2C(=O)NCC(C)(C)c2ccccc2Cl)cn1. The smallest absolute Gasteiger partial charge is 0.225 e. The predicted octanol–water partition coefficient (Wildman–Crippen LogP) is 2.89. The van der Waals surface area contributed by atoms with Crippen molar-refractivity contribution in [3.05, 3.63) is 52.8 Å². The Kier molecular flexibility index (Phi) is 6.72. The number of nitrogens with zero attached hydrogens (tertiary/aromatic N) is 2. The summed E-state index contributed by atoms with van der Waals surface area (Å²) in [7, 11) is 1.90. The summed E-state index contributed by atoms with van der Waals surface area (Å²) >= 11 is 6.32. The zero-order valence-electron chi connectivity index (χ0n) is 15.3. The third-order valence-electron chi connectivity index (χ3n) is 5.01. The molecule has 1 aliphatic heterocycles. The van der Waals surface area contributed by atoms with E-state index in [1.165, 1.54) is 0 Å². The first-order chi connectivity index (χ1) is 11.9. The minimum atomic E-state index is -0.232. The first kappa shape index (κ1) is 20.7. The number of carbonyl (C=O) groups is 1. The van der Waals surface area contributed by atoms with Crippen LogP contribution in [0.15, 0.2) is 36.7 Å². The van der Waals surface area contributed by atoms with E-state index in [0.717, 1.165) is 22.7 Å². The van der Waals surface area contributed by atoms with E-state index in [2.05, 4.69) is 29.6 Å². The molecule has 7 heteroatoms. The Bertz CT molecular complexity index is 760. The van der Waals surface area contributed by atoms with Crippen molar-refractivity contribution in [3.8, 4) is 0 Å². The van der Waals surface area contributed by atoms with Gasteiger partial charge < -0.3 is 10.6 Å². The Morgan fingerprint density at radius 3 is 2.77 bits per heavy atom. The number of amides is 1. The molecule has 3 rings (SSSR count). The van der Waals surface area contributed by atoms with Crippen LogP contribution in [-0.4, -0.2) is 35.3 Å². The number of rotatable bonds is 5. The van der Waals surface area contributed by atoms with E-state index in [9.17, 15) is 4.79 Å². The number of hydrogen-bond acceptors (Lipinski definition) is 3. The van der Waals surface area contributed by atoms with Gasteiger partial charge in [-0.2, -0.15) is 5.10 Å². The van der Waals surface area contributed by atoms with Gasteiger partial charge in [-0.1, -0.05) is 43.6 Å². The highest BCUT2D eigenvalue weighted by Crippen LogP contribution is 2.30. The van der Waals surface area contributed by atoms with Gasteiger partial charge in [0.15, 0.2) is 0 Å². The molecular formula is C19H26Cl2N4O. The molecular weight excluding hydrogens is 371 g/mol. The van der Waals surface area contributed by atoms with Crippen molar-refractivity contribution in [1.82, 2.24) is 20.4 Å². The molecule has 0 bridgehead atoms. The molecule has 0 saturated carbocycles. The Morgan fingerprint density at radius 1 is 1.38 bits per heavy atom. The highest BCUT2D eigenvalue weighted by Gasteiger charge is 2.35. The summed E-state index contributed by atoms with van der Waals surface area (Å²) in [5, 5.41) is 11.4. The lowest BCUT2D eigenvalue weighted by Gasteiger charge is -2.28. The van der Waals surface area contributed by atoms with E-state index in [1.807, 2.05) is 43.7 Å². The second-order valence-electron chi connectivity index (χ2n) is 7.40. The van der Waals surface area contributed by atoms with Crippen LogP contribution >= 0.6 is 24.0 Å². The molecule has 0 radical (unpaired) electrons. The molecule has 26 heavy (non-hydrogen) atoms. The average molecular weight is 397 g/mol. The molecule has 2 N–H and O–H groups in total. The zero-order valence-corrected chi connectivity index (χ0v) is 16.9. The summed E-state index contributed by atoms with van der Waals surface area (Å²) in [6.07, 6.45) is 3.84. The van der Waals surface area contributed by atoms with Gasteiger partial charge in [-0.3, -0.25) is 9.48 Å². The fourth-order valence-electron chi connectivity index (χ4n) is 3.48. The fraction of sp³-hybridized carbons (Fsp3) is 0.474. The van der Waals surface area contributed by atoms with Crippen molar-refractivity contribution in [1.29, 1.82) is 0 Å². The number of nitrogens with one attached hydrogen (secondary N) is 2. The number of benzene rings is 1. The zero-order chi connectivity index (χ0) is 18.0. The maximum absolute atomic E-state index is 12.8. The molecule has 1 aromatic carbocycles. The van der Waals surface area contributed by atoms with Crippen LogP contribution in [0.2, 0.25) is 5.02 Å². The Hall–Kier alpha value is -1.56. The summed E-state index contributed by atoms with van der Waals surface area (Å²) in [5.74, 6) is 0.169. The van der Waals surface area contributed by atoms with Crippen molar-refractivity contribution in [2.45, 2.75) is 25.2 Å². The summed E-state index contributed by atoms with van der Waals surface area (Å²) in [6, 6.07) is 7.80. The van der Waals surface area contributed by atoms with Gasteiger partial charge in [-0.05, 0) is 17.2 Å². The standard InChI is InChI=1S/C19H25ClN4O.ClH/c1-19(2,16-6-4-5-7-17(16)20)12-22-18(25)15-10-21-9-14(15)13-8-23-24(3)11-13;/h4-8,11,14-15,21H,9-10,12H2,1-3H3,(H,22,25);1H/t14-,15+;/m1./s1. The molecule has 1 aromatic heterocycles. The number of aromatic nitrogens is 2. The van der Waals surface area contributed by atoms with Gasteiger partial charge >= 0.3 is 0 Å². The molecule has 0 aliphatic carbocycles. The van der Waals surface area contributed by atoms with E-state index in [-0.39, 0.29) is 35.6 Å². The van der Waals surface area contributed by atoms with Crippen LogP contribution in [0.1, 0.15) is 30.9 Å². The topological polar surface area (TPSA) is 59.0 Å². The van der Waals surface area contributed by atoms with Crippen molar-refractivity contribution in [2.24, 2.45) is 13.0 Å². The van der Waals surface area contributed by atoms with Crippen molar-refractivity contribution in [3.63, 3.8) is 0 Å². The van der Waals surface area contributed by atoms with Crippen molar-refractivity contribution in [2.75, 3.05) is 19.6 Å². The molecule has 1 aliphatic rings. The van der Waals surface area contributed by atoms with Gasteiger partial charge in [0.2, 0.25) is 5.91 Å². The van der Waals surface area contributed by atoms with Crippen LogP contribution in [0.4, 0.5) is 0 Å². The minimum absolute atomic E-state index is 0. The lowest BCUT2D eigenvalue weighted by atomic mass is 9.84. The van der Waals surface area contributed by atoms with Crippen LogP contribution < -0.4 is 10.6 Å². The average Bonchev–Trinajstić information content (AvgIpc) is 3.21. The van der Waals surface area contributed by atoms with Crippen LogP contribution in [0.5, 0.6) is 0 Å². The van der Waals surface area contributed by atoms with Crippen molar-refractivity contribution < 1.29 is 4.79 Å². The first-order valence-corrected chi connectivity index (χ1v) is 8.98. The van der Waals surface area contributed by atoms with Gasteiger partial charge in [0.1, 0.15) is 0 Å². The normalized spacial score (nSPS) is 19.8. The monoisotopic (exact) mass is 396 g/mol. The summed E-state index contributed by atoms with van der Waals surface area (Å²) in [6.45, 7) is 6.24. The highest BCUT2D eigenvalue weighted by molar-refractivity contribution is 6.31. The summed E-state index contributed by atoms with van der Waals surface area (Å²) in [4.78, 5) is 12.8. The number of halogens is 2. The molecule has 0 unspecified atom stereocenters. The third kappa shape index (κ3) is 4.40. The number of aryl methyl sites for hydroxylation is 1. The van der Waals surface area contributed by atoms with Gasteiger partial charge in [0.05, 0.1) is 12.1 Å². The quantitative estimate of drug-likeness (QED) is 0.816. The molecule has 142 valence electrons. The Morgan fingerprint density at radius 2 is 2.12 bits per heavy atom. The van der Waals surface area contributed by atoms with Crippen LogP contribution in [0.3, 0.4) is 0 Å². The number of hydrogen-bond donors (Lipinski definition) is 2. The lowest BCUT2D eigenvalue weighted by Crippen LogP contribution is -2.41. The van der Waals surface area contributed by atoms with E-state index in [1.54, 1.807) is 4.68 Å². The molecule has 5 nitrogen and oxygen atoms in total. The van der Waals surface area contributed by atoms with Gasteiger partial charge in [0, 0.05) is 49.2 Å². The minimum Gasteiger partial charge on any atom is -0.355 e. The number of carbonyl (C=O) groups excluding carboxylic acids is 1. The maximum atomic E-state index is 12.8.